The predicted molar refractivity (Wildman–Crippen MR) is 71.7 cm³/mol. The lowest BCUT2D eigenvalue weighted by Crippen LogP contribution is -2.18. The Morgan fingerprint density at radius 2 is 2.17 bits per heavy atom. The van der Waals surface area contributed by atoms with E-state index in [1.54, 1.807) is 6.20 Å². The molecule has 0 spiro atoms. The van der Waals surface area contributed by atoms with Gasteiger partial charge < -0.3 is 10.5 Å². The van der Waals surface area contributed by atoms with Crippen LogP contribution in [-0.2, 0) is 12.8 Å². The number of pyridine rings is 1. The second-order valence-corrected chi connectivity index (χ2v) is 4.75. The Labute approximate surface area is 107 Å². The molecule has 0 saturated heterocycles. The van der Waals surface area contributed by atoms with Crippen molar-refractivity contribution in [3.8, 4) is 5.75 Å². The summed E-state index contributed by atoms with van der Waals surface area (Å²) in [5.74, 6) is 1.62. The fourth-order valence-corrected chi connectivity index (χ4v) is 2.47. The second-order valence-electron chi connectivity index (χ2n) is 4.75. The zero-order valence-corrected chi connectivity index (χ0v) is 10.4. The summed E-state index contributed by atoms with van der Waals surface area (Å²) in [7, 11) is 0. The molecule has 2 heterocycles. The molecule has 1 unspecified atom stereocenters. The van der Waals surface area contributed by atoms with E-state index in [0.29, 0.717) is 5.82 Å². The van der Waals surface area contributed by atoms with Crippen molar-refractivity contribution < 1.29 is 4.74 Å². The summed E-state index contributed by atoms with van der Waals surface area (Å²) in [6, 6.07) is 10.2. The van der Waals surface area contributed by atoms with E-state index in [9.17, 15) is 0 Å². The first-order valence-electron chi connectivity index (χ1n) is 6.18. The minimum absolute atomic E-state index is 0.174. The maximum Gasteiger partial charge on any atom is 0.126 e. The standard InChI is InChI=1S/C15H16N2O/c1-10-6-7-17-15(16)13(10)9-12-8-11-4-2-3-5-14(11)18-12/h2-7,12H,8-9H2,1H3,(H2,16,17). The first kappa shape index (κ1) is 11.1. The van der Waals surface area contributed by atoms with Gasteiger partial charge in [0, 0.05) is 24.6 Å². The molecule has 0 bridgehead atoms. The summed E-state index contributed by atoms with van der Waals surface area (Å²) in [5, 5.41) is 0. The van der Waals surface area contributed by atoms with Gasteiger partial charge >= 0.3 is 0 Å². The molecule has 0 radical (unpaired) electrons. The van der Waals surface area contributed by atoms with Crippen LogP contribution in [0.3, 0.4) is 0 Å². The maximum absolute atomic E-state index is 5.94. The number of hydrogen-bond acceptors (Lipinski definition) is 3. The van der Waals surface area contributed by atoms with E-state index in [2.05, 4.69) is 18.0 Å². The van der Waals surface area contributed by atoms with Crippen LogP contribution in [0.1, 0.15) is 16.7 Å². The van der Waals surface area contributed by atoms with Crippen molar-refractivity contribution in [2.75, 3.05) is 5.73 Å². The van der Waals surface area contributed by atoms with Gasteiger partial charge in [0.25, 0.3) is 0 Å². The average Bonchev–Trinajstić information content (AvgIpc) is 2.76. The van der Waals surface area contributed by atoms with Crippen LogP contribution in [0.15, 0.2) is 36.5 Å². The number of anilines is 1. The van der Waals surface area contributed by atoms with Gasteiger partial charge in [-0.1, -0.05) is 18.2 Å². The number of nitrogens with zero attached hydrogens (tertiary/aromatic N) is 1. The second kappa shape index (κ2) is 4.33. The van der Waals surface area contributed by atoms with Crippen LogP contribution >= 0.6 is 0 Å². The topological polar surface area (TPSA) is 48.1 Å². The largest absolute Gasteiger partial charge is 0.489 e. The molecule has 18 heavy (non-hydrogen) atoms. The number of aromatic nitrogens is 1. The van der Waals surface area contributed by atoms with Crippen LogP contribution < -0.4 is 10.5 Å². The minimum atomic E-state index is 0.174. The van der Waals surface area contributed by atoms with Crippen molar-refractivity contribution in [3.05, 3.63) is 53.2 Å². The Bertz CT molecular complexity index is 535. The zero-order chi connectivity index (χ0) is 12.5. The number of para-hydroxylation sites is 1. The van der Waals surface area contributed by atoms with Gasteiger partial charge in [-0.25, -0.2) is 4.98 Å². The number of aryl methyl sites for hydroxylation is 1. The van der Waals surface area contributed by atoms with E-state index in [1.165, 1.54) is 11.1 Å². The zero-order valence-electron chi connectivity index (χ0n) is 10.4. The molecule has 0 aliphatic carbocycles. The van der Waals surface area contributed by atoms with E-state index in [0.717, 1.165) is 24.2 Å². The molecule has 0 amide bonds. The number of ether oxygens (including phenoxy) is 1. The fourth-order valence-electron chi connectivity index (χ4n) is 2.47. The number of fused-ring (bicyclic) bond motifs is 1. The Morgan fingerprint density at radius 3 is 2.94 bits per heavy atom. The van der Waals surface area contributed by atoms with Crippen molar-refractivity contribution in [1.82, 2.24) is 4.98 Å². The summed E-state index contributed by atoms with van der Waals surface area (Å²) < 4.78 is 5.94. The third kappa shape index (κ3) is 1.92. The predicted octanol–water partition coefficient (Wildman–Crippen LogP) is 2.52. The highest BCUT2D eigenvalue weighted by Gasteiger charge is 2.23. The van der Waals surface area contributed by atoms with Crippen LogP contribution in [0.25, 0.3) is 0 Å². The quantitative estimate of drug-likeness (QED) is 0.877. The maximum atomic E-state index is 5.94. The molecule has 92 valence electrons. The Balaban J connectivity index is 1.80. The number of benzene rings is 1. The van der Waals surface area contributed by atoms with Crippen LogP contribution in [0.4, 0.5) is 5.82 Å². The highest BCUT2D eigenvalue weighted by atomic mass is 16.5. The summed E-state index contributed by atoms with van der Waals surface area (Å²) in [6.45, 7) is 2.06. The van der Waals surface area contributed by atoms with Gasteiger partial charge in [0.05, 0.1) is 0 Å². The van der Waals surface area contributed by atoms with Gasteiger partial charge in [-0.05, 0) is 30.2 Å². The van der Waals surface area contributed by atoms with E-state index < -0.39 is 0 Å². The van der Waals surface area contributed by atoms with Crippen LogP contribution in [0.5, 0.6) is 5.75 Å². The fraction of sp³-hybridized carbons (Fsp3) is 0.267. The smallest absolute Gasteiger partial charge is 0.126 e. The summed E-state index contributed by atoms with van der Waals surface area (Å²) >= 11 is 0. The van der Waals surface area contributed by atoms with Gasteiger partial charge in [0.1, 0.15) is 17.7 Å². The highest BCUT2D eigenvalue weighted by Crippen LogP contribution is 2.30. The average molecular weight is 240 g/mol. The molecule has 0 saturated carbocycles. The molecule has 1 aliphatic rings. The molecular formula is C15H16N2O. The molecule has 1 aliphatic heterocycles. The number of hydrogen-bond donors (Lipinski definition) is 1. The molecule has 2 aromatic rings. The normalized spacial score (nSPS) is 17.3. The Hall–Kier alpha value is -2.03. The summed E-state index contributed by atoms with van der Waals surface area (Å²) in [5.41, 5.74) is 9.51. The molecule has 3 heteroatoms. The van der Waals surface area contributed by atoms with Crippen LogP contribution in [0.2, 0.25) is 0 Å². The first-order valence-corrected chi connectivity index (χ1v) is 6.18. The number of nitrogen functional groups attached to an aromatic ring is 1. The van der Waals surface area contributed by atoms with Crippen molar-refractivity contribution in [2.24, 2.45) is 0 Å². The van der Waals surface area contributed by atoms with Crippen LogP contribution in [-0.4, -0.2) is 11.1 Å². The van der Waals surface area contributed by atoms with E-state index >= 15 is 0 Å². The van der Waals surface area contributed by atoms with Crippen LogP contribution in [0, 0.1) is 6.92 Å². The molecule has 1 atom stereocenters. The molecular weight excluding hydrogens is 224 g/mol. The monoisotopic (exact) mass is 240 g/mol. The first-order chi connectivity index (χ1) is 8.74. The van der Waals surface area contributed by atoms with Crippen molar-refractivity contribution in [1.29, 1.82) is 0 Å². The van der Waals surface area contributed by atoms with E-state index in [4.69, 9.17) is 10.5 Å². The van der Waals surface area contributed by atoms with Crippen molar-refractivity contribution >= 4 is 5.82 Å². The SMILES string of the molecule is Cc1ccnc(N)c1CC1Cc2ccccc2O1. The summed E-state index contributed by atoms with van der Waals surface area (Å²) in [4.78, 5) is 4.15. The number of nitrogens with two attached hydrogens (primary N) is 1. The molecule has 2 N–H and O–H groups in total. The lowest BCUT2D eigenvalue weighted by molar-refractivity contribution is 0.233. The lowest BCUT2D eigenvalue weighted by Gasteiger charge is -2.13. The summed E-state index contributed by atoms with van der Waals surface area (Å²) in [6.07, 6.45) is 3.69. The Morgan fingerprint density at radius 1 is 1.33 bits per heavy atom. The van der Waals surface area contributed by atoms with Gasteiger partial charge in [-0.15, -0.1) is 0 Å². The third-order valence-electron chi connectivity index (χ3n) is 3.47. The Kier molecular flexibility index (Phi) is 2.67. The molecule has 0 fully saturated rings. The molecule has 3 nitrogen and oxygen atoms in total. The molecule has 1 aromatic carbocycles. The van der Waals surface area contributed by atoms with Crippen molar-refractivity contribution in [3.63, 3.8) is 0 Å². The van der Waals surface area contributed by atoms with Gasteiger partial charge in [0.15, 0.2) is 0 Å². The van der Waals surface area contributed by atoms with E-state index in [-0.39, 0.29) is 6.10 Å². The minimum Gasteiger partial charge on any atom is -0.489 e. The molecule has 1 aromatic heterocycles. The van der Waals surface area contributed by atoms with Gasteiger partial charge in [-0.3, -0.25) is 0 Å². The van der Waals surface area contributed by atoms with Gasteiger partial charge in [0.2, 0.25) is 0 Å². The highest BCUT2D eigenvalue weighted by molar-refractivity contribution is 5.45. The van der Waals surface area contributed by atoms with Crippen molar-refractivity contribution in [2.45, 2.75) is 25.9 Å². The van der Waals surface area contributed by atoms with Gasteiger partial charge in [-0.2, -0.15) is 0 Å². The molecule has 3 rings (SSSR count). The van der Waals surface area contributed by atoms with E-state index in [1.807, 2.05) is 24.3 Å². The number of rotatable bonds is 2. The lowest BCUT2D eigenvalue weighted by atomic mass is 10.0. The third-order valence-corrected chi connectivity index (χ3v) is 3.47.